The van der Waals surface area contributed by atoms with E-state index >= 15 is 0 Å². The quantitative estimate of drug-likeness (QED) is 0.827. The first-order chi connectivity index (χ1) is 13.3. The Kier molecular flexibility index (Phi) is 5.61. The summed E-state index contributed by atoms with van der Waals surface area (Å²) in [4.78, 5) is 16.6. The molecule has 0 spiro atoms. The van der Waals surface area contributed by atoms with Gasteiger partial charge in [0.25, 0.3) is 0 Å². The predicted octanol–water partition coefficient (Wildman–Crippen LogP) is 3.19. The van der Waals surface area contributed by atoms with Gasteiger partial charge in [-0.15, -0.1) is 0 Å². The molecular weight excluding hydrogens is 338 g/mol. The fraction of sp³-hybridized carbons (Fsp3) is 0.524. The first-order valence-electron chi connectivity index (χ1n) is 10.1. The molecule has 2 saturated heterocycles. The molecule has 4 rings (SSSR count). The normalized spacial score (nSPS) is 18.3. The molecule has 2 aliphatic heterocycles. The highest BCUT2D eigenvalue weighted by Crippen LogP contribution is 2.23. The number of benzene rings is 1. The van der Waals surface area contributed by atoms with E-state index in [4.69, 9.17) is 9.72 Å². The molecule has 0 saturated carbocycles. The molecule has 0 N–H and O–H groups in total. The van der Waals surface area contributed by atoms with Gasteiger partial charge in [0.05, 0.1) is 7.11 Å². The van der Waals surface area contributed by atoms with Gasteiger partial charge in [0.1, 0.15) is 11.6 Å². The summed E-state index contributed by atoms with van der Waals surface area (Å²) in [6, 6.07) is 10.4. The van der Waals surface area contributed by atoms with Gasteiger partial charge in [0.15, 0.2) is 0 Å². The summed E-state index contributed by atoms with van der Waals surface area (Å²) >= 11 is 0. The molecule has 0 amide bonds. The Bertz CT molecular complexity index is 720. The first-order valence-corrected chi connectivity index (χ1v) is 10.1. The molecule has 2 aliphatic rings. The number of piperazine rings is 1. The molecule has 2 fully saturated rings. The smallest absolute Gasteiger partial charge is 0.227 e. The third-order valence-corrected chi connectivity index (χ3v) is 5.56. The van der Waals surface area contributed by atoms with Gasteiger partial charge in [-0.05, 0) is 43.2 Å². The molecule has 27 heavy (non-hydrogen) atoms. The second kappa shape index (κ2) is 8.46. The van der Waals surface area contributed by atoms with Crippen molar-refractivity contribution in [2.45, 2.75) is 25.7 Å². The molecular formula is C21H29N5O. The third-order valence-electron chi connectivity index (χ3n) is 5.56. The number of aromatic nitrogens is 2. The van der Waals surface area contributed by atoms with Crippen molar-refractivity contribution in [2.24, 2.45) is 0 Å². The Morgan fingerprint density at radius 2 is 1.41 bits per heavy atom. The second-order valence-electron chi connectivity index (χ2n) is 7.29. The zero-order chi connectivity index (χ0) is 18.5. The SMILES string of the molecule is COc1ccc(N2CCN(c3nccc(N4CCCCCC4)n3)CC2)cc1. The molecule has 2 aromatic rings. The fourth-order valence-corrected chi connectivity index (χ4v) is 3.93. The van der Waals surface area contributed by atoms with Gasteiger partial charge in [-0.1, -0.05) is 12.8 Å². The topological polar surface area (TPSA) is 44.7 Å². The average molecular weight is 367 g/mol. The van der Waals surface area contributed by atoms with E-state index in [1.54, 1.807) is 7.11 Å². The maximum absolute atomic E-state index is 5.25. The lowest BCUT2D eigenvalue weighted by atomic mass is 10.2. The van der Waals surface area contributed by atoms with Crippen LogP contribution in [0.3, 0.4) is 0 Å². The molecule has 0 bridgehead atoms. The summed E-state index contributed by atoms with van der Waals surface area (Å²) in [5, 5.41) is 0. The number of hydrogen-bond donors (Lipinski definition) is 0. The highest BCUT2D eigenvalue weighted by atomic mass is 16.5. The summed E-state index contributed by atoms with van der Waals surface area (Å²) in [7, 11) is 1.70. The predicted molar refractivity (Wildman–Crippen MR) is 110 cm³/mol. The minimum atomic E-state index is 0.867. The summed E-state index contributed by atoms with van der Waals surface area (Å²) in [5.74, 6) is 2.85. The second-order valence-corrected chi connectivity index (χ2v) is 7.29. The Morgan fingerprint density at radius 1 is 0.741 bits per heavy atom. The van der Waals surface area contributed by atoms with Gasteiger partial charge in [0, 0.05) is 51.2 Å². The van der Waals surface area contributed by atoms with Crippen molar-refractivity contribution in [1.82, 2.24) is 9.97 Å². The lowest BCUT2D eigenvalue weighted by molar-refractivity contribution is 0.415. The van der Waals surface area contributed by atoms with Crippen molar-refractivity contribution in [2.75, 3.05) is 61.1 Å². The van der Waals surface area contributed by atoms with E-state index in [0.717, 1.165) is 56.8 Å². The van der Waals surface area contributed by atoms with E-state index in [1.807, 2.05) is 18.3 Å². The molecule has 6 nitrogen and oxygen atoms in total. The van der Waals surface area contributed by atoms with Crippen LogP contribution in [-0.2, 0) is 0 Å². The summed E-state index contributed by atoms with van der Waals surface area (Å²) < 4.78 is 5.25. The minimum absolute atomic E-state index is 0.867. The van der Waals surface area contributed by atoms with Crippen LogP contribution >= 0.6 is 0 Å². The number of anilines is 3. The molecule has 0 atom stereocenters. The highest BCUT2D eigenvalue weighted by Gasteiger charge is 2.20. The lowest BCUT2D eigenvalue weighted by Crippen LogP contribution is -2.47. The first kappa shape index (κ1) is 17.9. The Morgan fingerprint density at radius 3 is 2.07 bits per heavy atom. The van der Waals surface area contributed by atoms with Crippen molar-refractivity contribution in [3.05, 3.63) is 36.5 Å². The lowest BCUT2D eigenvalue weighted by Gasteiger charge is -2.36. The van der Waals surface area contributed by atoms with Crippen LogP contribution < -0.4 is 19.4 Å². The van der Waals surface area contributed by atoms with Crippen molar-refractivity contribution < 1.29 is 4.74 Å². The number of ether oxygens (including phenoxy) is 1. The zero-order valence-electron chi connectivity index (χ0n) is 16.2. The summed E-state index contributed by atoms with van der Waals surface area (Å²) in [6.45, 7) is 6.06. The van der Waals surface area contributed by atoms with Crippen molar-refractivity contribution in [3.63, 3.8) is 0 Å². The molecule has 0 unspecified atom stereocenters. The highest BCUT2D eigenvalue weighted by molar-refractivity contribution is 5.51. The van der Waals surface area contributed by atoms with E-state index in [1.165, 1.54) is 31.4 Å². The van der Waals surface area contributed by atoms with Crippen molar-refractivity contribution >= 4 is 17.5 Å². The van der Waals surface area contributed by atoms with Crippen LogP contribution in [0.1, 0.15) is 25.7 Å². The van der Waals surface area contributed by atoms with Gasteiger partial charge in [-0.25, -0.2) is 4.98 Å². The van der Waals surface area contributed by atoms with Crippen LogP contribution in [0.2, 0.25) is 0 Å². The Hall–Kier alpha value is -2.50. The molecule has 0 radical (unpaired) electrons. The Balaban J connectivity index is 1.39. The molecule has 144 valence electrons. The van der Waals surface area contributed by atoms with Crippen molar-refractivity contribution in [1.29, 1.82) is 0 Å². The number of nitrogens with zero attached hydrogens (tertiary/aromatic N) is 5. The number of hydrogen-bond acceptors (Lipinski definition) is 6. The number of methoxy groups -OCH3 is 1. The maximum atomic E-state index is 5.25. The maximum Gasteiger partial charge on any atom is 0.227 e. The van der Waals surface area contributed by atoms with E-state index in [9.17, 15) is 0 Å². The standard InChI is InChI=1S/C21H29N5O/c1-27-19-8-6-18(7-9-19)24-14-16-26(17-15-24)21-22-11-10-20(23-21)25-12-4-2-3-5-13-25/h6-11H,2-5,12-17H2,1H3. The third kappa shape index (κ3) is 4.26. The fourth-order valence-electron chi connectivity index (χ4n) is 3.93. The van der Waals surface area contributed by atoms with Crippen LogP contribution in [0.4, 0.5) is 17.5 Å². The summed E-state index contributed by atoms with van der Waals surface area (Å²) in [5.41, 5.74) is 1.25. The van der Waals surface area contributed by atoms with Gasteiger partial charge < -0.3 is 19.4 Å². The van der Waals surface area contributed by atoms with Crippen LogP contribution in [-0.4, -0.2) is 56.3 Å². The Labute approximate surface area is 161 Å². The van der Waals surface area contributed by atoms with E-state index in [2.05, 4.69) is 37.9 Å². The van der Waals surface area contributed by atoms with Gasteiger partial charge in [0.2, 0.25) is 5.95 Å². The minimum Gasteiger partial charge on any atom is -0.497 e. The zero-order valence-corrected chi connectivity index (χ0v) is 16.2. The van der Waals surface area contributed by atoms with E-state index < -0.39 is 0 Å². The largest absolute Gasteiger partial charge is 0.497 e. The van der Waals surface area contributed by atoms with Gasteiger partial charge in [-0.2, -0.15) is 4.98 Å². The van der Waals surface area contributed by atoms with E-state index in [0.29, 0.717) is 0 Å². The van der Waals surface area contributed by atoms with Crippen LogP contribution in [0.15, 0.2) is 36.5 Å². The van der Waals surface area contributed by atoms with Gasteiger partial charge in [-0.3, -0.25) is 0 Å². The molecule has 0 aliphatic carbocycles. The van der Waals surface area contributed by atoms with Crippen molar-refractivity contribution in [3.8, 4) is 5.75 Å². The van der Waals surface area contributed by atoms with Crippen LogP contribution in [0.5, 0.6) is 5.75 Å². The number of rotatable bonds is 4. The molecule has 1 aromatic carbocycles. The molecule has 3 heterocycles. The van der Waals surface area contributed by atoms with Crippen LogP contribution in [0, 0.1) is 0 Å². The molecule has 6 heteroatoms. The average Bonchev–Trinajstić information content (AvgIpc) is 3.04. The van der Waals surface area contributed by atoms with Crippen LogP contribution in [0.25, 0.3) is 0 Å². The van der Waals surface area contributed by atoms with Gasteiger partial charge >= 0.3 is 0 Å². The monoisotopic (exact) mass is 367 g/mol. The molecule has 1 aromatic heterocycles. The summed E-state index contributed by atoms with van der Waals surface area (Å²) in [6.07, 6.45) is 7.11. The van der Waals surface area contributed by atoms with E-state index in [-0.39, 0.29) is 0 Å².